The van der Waals surface area contributed by atoms with Crippen molar-refractivity contribution in [3.05, 3.63) is 65.2 Å². The van der Waals surface area contributed by atoms with Gasteiger partial charge in [-0.1, -0.05) is 67.1 Å². The fourth-order valence-corrected chi connectivity index (χ4v) is 4.11. The summed E-state index contributed by atoms with van der Waals surface area (Å²) in [4.78, 5) is 21.8. The second kappa shape index (κ2) is 9.82. The molecule has 0 aliphatic carbocycles. The molecule has 3 aromatic rings. The average molecular weight is 414 g/mol. The molecule has 0 atom stereocenters. The second-order valence-electron chi connectivity index (χ2n) is 6.34. The van der Waals surface area contributed by atoms with E-state index < -0.39 is 0 Å². The van der Waals surface area contributed by atoms with E-state index in [0.717, 1.165) is 40.5 Å². The van der Waals surface area contributed by atoms with Crippen molar-refractivity contribution in [2.24, 2.45) is 0 Å². The zero-order valence-corrected chi connectivity index (χ0v) is 17.7. The van der Waals surface area contributed by atoms with Gasteiger partial charge in [-0.2, -0.15) is 0 Å². The molecule has 0 fully saturated rings. The van der Waals surface area contributed by atoms with Crippen LogP contribution in [0, 0.1) is 0 Å². The largest absolute Gasteiger partial charge is 0.302 e. The summed E-state index contributed by atoms with van der Waals surface area (Å²) in [6, 6.07) is 15.4. The number of carbonyl (C=O) groups excluding carboxylic acids is 1. The molecule has 0 N–H and O–H groups in total. The predicted octanol–water partition coefficient (Wildman–Crippen LogP) is 5.34. The lowest BCUT2D eigenvalue weighted by Crippen LogP contribution is -2.38. The third-order valence-corrected chi connectivity index (χ3v) is 6.03. The Labute approximate surface area is 175 Å². The summed E-state index contributed by atoms with van der Waals surface area (Å²) in [5.41, 5.74) is 1.74. The maximum Gasteiger partial charge on any atom is 0.252 e. The second-order valence-corrected chi connectivity index (χ2v) is 7.75. The lowest BCUT2D eigenvalue weighted by molar-refractivity contribution is -0.114. The number of hydrogen-bond acceptors (Lipinski definition) is 4. The van der Waals surface area contributed by atoms with Crippen LogP contribution in [0.15, 0.2) is 54.6 Å². The number of amides is 1. The minimum Gasteiger partial charge on any atom is -0.302 e. The number of thiazole rings is 1. The molecule has 0 unspecified atom stereocenters. The Morgan fingerprint density at radius 2 is 1.79 bits per heavy atom. The third-order valence-electron chi connectivity index (χ3n) is 4.62. The number of nitrogens with zero attached hydrogens (tertiary/aromatic N) is 3. The van der Waals surface area contributed by atoms with Crippen LogP contribution in [-0.4, -0.2) is 42.0 Å². The Kier molecular flexibility index (Phi) is 7.20. The smallest absolute Gasteiger partial charge is 0.252 e. The summed E-state index contributed by atoms with van der Waals surface area (Å²) < 4.78 is 1.08. The first-order valence-electron chi connectivity index (χ1n) is 9.44. The molecule has 0 radical (unpaired) electrons. The van der Waals surface area contributed by atoms with Crippen molar-refractivity contribution < 1.29 is 4.79 Å². The van der Waals surface area contributed by atoms with Crippen molar-refractivity contribution in [2.45, 2.75) is 13.8 Å². The highest BCUT2D eigenvalue weighted by molar-refractivity contribution is 7.22. The van der Waals surface area contributed by atoms with E-state index in [1.54, 1.807) is 28.4 Å². The van der Waals surface area contributed by atoms with Gasteiger partial charge in [-0.05, 0) is 42.9 Å². The fraction of sp³-hybridized carbons (Fsp3) is 0.273. The Morgan fingerprint density at radius 3 is 2.50 bits per heavy atom. The number of benzene rings is 2. The number of likely N-dealkylation sites (N-methyl/N-ethyl adjacent to an activating group) is 1. The zero-order valence-electron chi connectivity index (χ0n) is 16.1. The van der Waals surface area contributed by atoms with E-state index in [1.807, 2.05) is 48.5 Å². The minimum atomic E-state index is -0.0915. The number of fused-ring (bicyclic) bond motifs is 1. The quantitative estimate of drug-likeness (QED) is 0.468. The first-order valence-corrected chi connectivity index (χ1v) is 10.6. The van der Waals surface area contributed by atoms with Crippen molar-refractivity contribution in [3.63, 3.8) is 0 Å². The normalized spacial score (nSPS) is 11.6. The Hall–Kier alpha value is -2.21. The molecule has 0 saturated carbocycles. The van der Waals surface area contributed by atoms with Crippen LogP contribution in [0.3, 0.4) is 0 Å². The Morgan fingerprint density at radius 1 is 1.07 bits per heavy atom. The highest BCUT2D eigenvalue weighted by Crippen LogP contribution is 2.29. The molecule has 4 nitrogen and oxygen atoms in total. The standard InChI is InChI=1S/C22H24ClN3OS/c1-3-25(4-2)15-16-26(22-24-19-11-7-8-12-20(19)28-22)21(27)14-13-17-9-5-6-10-18(17)23/h5-14H,3-4,15-16H2,1-2H3. The van der Waals surface area contributed by atoms with Gasteiger partial charge < -0.3 is 4.90 Å². The molecule has 1 aromatic heterocycles. The summed E-state index contributed by atoms with van der Waals surface area (Å²) in [6.45, 7) is 7.55. The van der Waals surface area contributed by atoms with Gasteiger partial charge in [0.15, 0.2) is 5.13 Å². The molecule has 1 heterocycles. The van der Waals surface area contributed by atoms with Crippen LogP contribution in [-0.2, 0) is 4.79 Å². The monoisotopic (exact) mass is 413 g/mol. The van der Waals surface area contributed by atoms with E-state index in [4.69, 9.17) is 11.6 Å². The van der Waals surface area contributed by atoms with Gasteiger partial charge in [0.05, 0.1) is 10.2 Å². The first-order chi connectivity index (χ1) is 13.6. The highest BCUT2D eigenvalue weighted by Gasteiger charge is 2.18. The molecule has 1 amide bonds. The maximum atomic E-state index is 13.0. The predicted molar refractivity (Wildman–Crippen MR) is 120 cm³/mol. The van der Waals surface area contributed by atoms with Crippen LogP contribution >= 0.6 is 22.9 Å². The summed E-state index contributed by atoms with van der Waals surface area (Å²) >= 11 is 7.75. The van der Waals surface area contributed by atoms with Crippen LogP contribution in [0.25, 0.3) is 16.3 Å². The fourth-order valence-electron chi connectivity index (χ4n) is 2.92. The molecule has 0 aliphatic heterocycles. The van der Waals surface area contributed by atoms with E-state index >= 15 is 0 Å². The number of hydrogen-bond donors (Lipinski definition) is 0. The van der Waals surface area contributed by atoms with Crippen molar-refractivity contribution in [1.29, 1.82) is 0 Å². The van der Waals surface area contributed by atoms with Gasteiger partial charge in [-0.3, -0.25) is 9.69 Å². The Balaban J connectivity index is 1.86. The van der Waals surface area contributed by atoms with Gasteiger partial charge in [-0.25, -0.2) is 4.98 Å². The molecule has 0 bridgehead atoms. The topological polar surface area (TPSA) is 36.4 Å². The van der Waals surface area contributed by atoms with Gasteiger partial charge in [0.25, 0.3) is 5.91 Å². The Bertz CT molecular complexity index is 932. The number of anilines is 1. The van der Waals surface area contributed by atoms with Gasteiger partial charge in [0, 0.05) is 24.2 Å². The van der Waals surface area contributed by atoms with E-state index in [1.165, 1.54) is 0 Å². The van der Waals surface area contributed by atoms with Crippen LogP contribution in [0.5, 0.6) is 0 Å². The summed E-state index contributed by atoms with van der Waals surface area (Å²) in [5.74, 6) is -0.0915. The van der Waals surface area contributed by atoms with Crippen LogP contribution in [0.4, 0.5) is 5.13 Å². The van der Waals surface area contributed by atoms with Gasteiger partial charge in [-0.15, -0.1) is 0 Å². The van der Waals surface area contributed by atoms with Crippen molar-refractivity contribution in [2.75, 3.05) is 31.1 Å². The minimum absolute atomic E-state index is 0.0915. The van der Waals surface area contributed by atoms with Crippen molar-refractivity contribution >= 4 is 50.3 Å². The molecule has 0 saturated heterocycles. The number of para-hydroxylation sites is 1. The van der Waals surface area contributed by atoms with Gasteiger partial charge >= 0.3 is 0 Å². The van der Waals surface area contributed by atoms with Gasteiger partial charge in [0.2, 0.25) is 0 Å². The molecule has 6 heteroatoms. The molecule has 2 aromatic carbocycles. The molecular formula is C22H24ClN3OS. The number of aromatic nitrogens is 1. The number of carbonyl (C=O) groups is 1. The summed E-state index contributed by atoms with van der Waals surface area (Å²) in [5, 5.41) is 1.35. The lowest BCUT2D eigenvalue weighted by Gasteiger charge is -2.23. The van der Waals surface area contributed by atoms with E-state index in [9.17, 15) is 4.79 Å². The average Bonchev–Trinajstić information content (AvgIpc) is 3.14. The van der Waals surface area contributed by atoms with Crippen molar-refractivity contribution in [3.8, 4) is 0 Å². The van der Waals surface area contributed by atoms with Crippen LogP contribution in [0.1, 0.15) is 19.4 Å². The third kappa shape index (κ3) is 4.98. The zero-order chi connectivity index (χ0) is 19.9. The molecule has 28 heavy (non-hydrogen) atoms. The lowest BCUT2D eigenvalue weighted by atomic mass is 10.2. The summed E-state index contributed by atoms with van der Waals surface area (Å²) in [7, 11) is 0. The van der Waals surface area contributed by atoms with Crippen LogP contribution in [0.2, 0.25) is 5.02 Å². The first kappa shape index (κ1) is 20.5. The number of halogens is 1. The molecule has 0 spiro atoms. The van der Waals surface area contributed by atoms with Crippen LogP contribution < -0.4 is 4.90 Å². The molecule has 3 rings (SSSR count). The SMILES string of the molecule is CCN(CC)CCN(C(=O)C=Cc1ccccc1Cl)c1nc2ccccc2s1. The molecule has 0 aliphatic rings. The summed E-state index contributed by atoms with van der Waals surface area (Å²) in [6.07, 6.45) is 3.35. The van der Waals surface area contributed by atoms with Crippen molar-refractivity contribution in [1.82, 2.24) is 9.88 Å². The highest BCUT2D eigenvalue weighted by atomic mass is 35.5. The van der Waals surface area contributed by atoms with E-state index in [-0.39, 0.29) is 5.91 Å². The molecule has 146 valence electrons. The van der Waals surface area contributed by atoms with Gasteiger partial charge in [0.1, 0.15) is 0 Å². The molecular weight excluding hydrogens is 390 g/mol. The van der Waals surface area contributed by atoms with E-state index in [0.29, 0.717) is 11.6 Å². The maximum absolute atomic E-state index is 13.0. The van der Waals surface area contributed by atoms with E-state index in [2.05, 4.69) is 23.7 Å². The number of rotatable bonds is 8.